The number of likely N-dealkylation sites (tertiary alicyclic amines) is 1. The summed E-state index contributed by atoms with van der Waals surface area (Å²) in [6, 6.07) is 5.02. The molecule has 1 aromatic rings. The predicted octanol–water partition coefficient (Wildman–Crippen LogP) is 1.25. The fraction of sp³-hybridized carbons (Fsp3) is 0.632. The molecule has 2 atom stereocenters. The smallest absolute Gasteiger partial charge is 0.256 e. The number of hydrogen-bond donors (Lipinski definition) is 1. The van der Waals surface area contributed by atoms with Crippen LogP contribution in [0.3, 0.4) is 0 Å². The number of amides is 1. The third-order valence-corrected chi connectivity index (χ3v) is 7.91. The second-order valence-corrected chi connectivity index (χ2v) is 10.2. The number of halogens is 1. The molecular formula is C19H29ClN4O3S. The zero-order valence-corrected chi connectivity index (χ0v) is 18.1. The van der Waals surface area contributed by atoms with E-state index in [0.29, 0.717) is 17.4 Å². The number of anilines is 1. The lowest BCUT2D eigenvalue weighted by molar-refractivity contribution is 0.0782. The van der Waals surface area contributed by atoms with Crippen LogP contribution in [0.1, 0.15) is 23.2 Å². The predicted molar refractivity (Wildman–Crippen MR) is 112 cm³/mol. The van der Waals surface area contributed by atoms with Gasteiger partial charge in [-0.15, -0.1) is 12.4 Å². The zero-order chi connectivity index (χ0) is 19.2. The molecule has 1 aromatic carbocycles. The molecular weight excluding hydrogens is 400 g/mol. The van der Waals surface area contributed by atoms with Crippen molar-refractivity contribution in [3.63, 3.8) is 0 Å². The van der Waals surface area contributed by atoms with Crippen LogP contribution in [0.2, 0.25) is 0 Å². The minimum atomic E-state index is -3.58. The lowest BCUT2D eigenvalue weighted by Crippen LogP contribution is -2.33. The Balaban J connectivity index is 0.00000225. The molecule has 9 heteroatoms. The molecule has 3 aliphatic rings. The summed E-state index contributed by atoms with van der Waals surface area (Å²) in [4.78, 5) is 17.7. The van der Waals surface area contributed by atoms with Gasteiger partial charge in [-0.3, -0.25) is 4.79 Å². The number of benzene rings is 1. The van der Waals surface area contributed by atoms with E-state index in [-0.39, 0.29) is 23.2 Å². The van der Waals surface area contributed by atoms with Crippen LogP contribution in [0.15, 0.2) is 23.1 Å². The van der Waals surface area contributed by atoms with Crippen LogP contribution in [-0.2, 0) is 10.0 Å². The Kier molecular flexibility index (Phi) is 6.24. The fourth-order valence-corrected chi connectivity index (χ4v) is 5.41. The molecule has 0 saturated carbocycles. The van der Waals surface area contributed by atoms with Gasteiger partial charge in [0.2, 0.25) is 10.0 Å². The van der Waals surface area contributed by atoms with Crippen molar-refractivity contribution >= 4 is 34.0 Å². The van der Waals surface area contributed by atoms with Gasteiger partial charge in [-0.25, -0.2) is 12.7 Å². The average Bonchev–Trinajstić information content (AvgIpc) is 3.37. The Morgan fingerprint density at radius 2 is 1.71 bits per heavy atom. The highest BCUT2D eigenvalue weighted by atomic mass is 35.5. The SMILES string of the molecule is CN(C)S(=O)(=O)c1ccc(N2CCCC2)c(C(=O)N2C[C@H]3CNC[C@H]3C2)c1.Cl. The zero-order valence-electron chi connectivity index (χ0n) is 16.4. The van der Waals surface area contributed by atoms with Crippen molar-refractivity contribution in [2.45, 2.75) is 17.7 Å². The number of fused-ring (bicyclic) bond motifs is 1. The first-order valence-electron chi connectivity index (χ1n) is 9.69. The normalized spacial score (nSPS) is 24.5. The van der Waals surface area contributed by atoms with Gasteiger partial charge in [-0.2, -0.15) is 0 Å². The summed E-state index contributed by atoms with van der Waals surface area (Å²) in [6.45, 7) is 5.25. The van der Waals surface area contributed by atoms with Crippen LogP contribution < -0.4 is 10.2 Å². The van der Waals surface area contributed by atoms with E-state index in [4.69, 9.17) is 0 Å². The van der Waals surface area contributed by atoms with Gasteiger partial charge in [0.05, 0.1) is 10.5 Å². The fourth-order valence-electron chi connectivity index (χ4n) is 4.48. The maximum absolute atomic E-state index is 13.4. The molecule has 7 nitrogen and oxygen atoms in total. The van der Waals surface area contributed by atoms with Crippen LogP contribution in [0.4, 0.5) is 5.69 Å². The molecule has 0 radical (unpaired) electrons. The van der Waals surface area contributed by atoms with Gasteiger partial charge in [0, 0.05) is 59.1 Å². The Morgan fingerprint density at radius 3 is 2.29 bits per heavy atom. The number of carbonyl (C=O) groups is 1. The third-order valence-electron chi connectivity index (χ3n) is 6.10. The van der Waals surface area contributed by atoms with Gasteiger partial charge in [-0.1, -0.05) is 0 Å². The molecule has 3 aliphatic heterocycles. The quantitative estimate of drug-likeness (QED) is 0.781. The molecule has 3 heterocycles. The molecule has 3 saturated heterocycles. The van der Waals surface area contributed by atoms with Crippen LogP contribution in [0, 0.1) is 11.8 Å². The van der Waals surface area contributed by atoms with Gasteiger partial charge in [0.25, 0.3) is 5.91 Å². The highest BCUT2D eigenvalue weighted by molar-refractivity contribution is 7.89. The van der Waals surface area contributed by atoms with E-state index >= 15 is 0 Å². The Hall–Kier alpha value is -1.35. The van der Waals surface area contributed by atoms with Crippen LogP contribution >= 0.6 is 12.4 Å². The van der Waals surface area contributed by atoms with Crippen LogP contribution in [0.5, 0.6) is 0 Å². The molecule has 1 N–H and O–H groups in total. The molecule has 28 heavy (non-hydrogen) atoms. The standard InChI is InChI=1S/C19H28N4O3S.ClH/c1-21(2)27(25,26)16-5-6-18(22-7-3-4-8-22)17(9-16)19(24)23-12-14-10-20-11-15(14)13-23;/h5-6,9,14-15,20H,3-4,7-8,10-13H2,1-2H3;1H/t14-,15+;. The van der Waals surface area contributed by atoms with Crippen molar-refractivity contribution in [2.75, 3.05) is 58.3 Å². The minimum absolute atomic E-state index is 0. The van der Waals surface area contributed by atoms with E-state index in [1.165, 1.54) is 18.4 Å². The molecule has 0 unspecified atom stereocenters. The van der Waals surface area contributed by atoms with E-state index in [0.717, 1.165) is 57.8 Å². The summed E-state index contributed by atoms with van der Waals surface area (Å²) in [6.07, 6.45) is 2.20. The summed E-state index contributed by atoms with van der Waals surface area (Å²) >= 11 is 0. The molecule has 0 spiro atoms. The number of hydrogen-bond acceptors (Lipinski definition) is 5. The van der Waals surface area contributed by atoms with Crippen molar-refractivity contribution in [3.05, 3.63) is 23.8 Å². The van der Waals surface area contributed by atoms with Crippen LogP contribution in [-0.4, -0.2) is 76.9 Å². The molecule has 0 bridgehead atoms. The third kappa shape index (κ3) is 3.75. The summed E-state index contributed by atoms with van der Waals surface area (Å²) in [5.41, 5.74) is 1.39. The van der Waals surface area contributed by atoms with Gasteiger partial charge >= 0.3 is 0 Å². The second-order valence-electron chi connectivity index (χ2n) is 8.05. The first-order chi connectivity index (χ1) is 12.9. The molecule has 156 valence electrons. The van der Waals surface area contributed by atoms with Crippen molar-refractivity contribution in [3.8, 4) is 0 Å². The van der Waals surface area contributed by atoms with E-state index in [9.17, 15) is 13.2 Å². The van der Waals surface area contributed by atoms with E-state index < -0.39 is 10.0 Å². The van der Waals surface area contributed by atoms with Crippen molar-refractivity contribution in [1.82, 2.24) is 14.5 Å². The van der Waals surface area contributed by atoms with Crippen molar-refractivity contribution < 1.29 is 13.2 Å². The van der Waals surface area contributed by atoms with Gasteiger partial charge in [-0.05, 0) is 42.9 Å². The van der Waals surface area contributed by atoms with Gasteiger partial charge < -0.3 is 15.1 Å². The number of sulfonamides is 1. The van der Waals surface area contributed by atoms with E-state index in [1.54, 1.807) is 12.1 Å². The van der Waals surface area contributed by atoms with E-state index in [2.05, 4.69) is 10.2 Å². The maximum atomic E-state index is 13.4. The average molecular weight is 429 g/mol. The number of rotatable bonds is 4. The van der Waals surface area contributed by atoms with Crippen molar-refractivity contribution in [2.24, 2.45) is 11.8 Å². The lowest BCUT2D eigenvalue weighted by atomic mass is 10.0. The number of nitrogens with zero attached hydrogens (tertiary/aromatic N) is 3. The largest absolute Gasteiger partial charge is 0.371 e. The summed E-state index contributed by atoms with van der Waals surface area (Å²) in [5.74, 6) is 0.984. The monoisotopic (exact) mass is 428 g/mol. The topological polar surface area (TPSA) is 73.0 Å². The minimum Gasteiger partial charge on any atom is -0.371 e. The highest BCUT2D eigenvalue weighted by Gasteiger charge is 2.39. The Morgan fingerprint density at radius 1 is 1.11 bits per heavy atom. The van der Waals surface area contributed by atoms with Gasteiger partial charge in [0.1, 0.15) is 0 Å². The highest BCUT2D eigenvalue weighted by Crippen LogP contribution is 2.32. The number of nitrogens with one attached hydrogen (secondary N) is 1. The Labute approximate surface area is 173 Å². The van der Waals surface area contributed by atoms with Crippen LogP contribution in [0.25, 0.3) is 0 Å². The Bertz CT molecular complexity index is 828. The number of carbonyl (C=O) groups excluding carboxylic acids is 1. The van der Waals surface area contributed by atoms with Gasteiger partial charge in [0.15, 0.2) is 0 Å². The molecule has 1 amide bonds. The second kappa shape index (κ2) is 8.18. The summed E-state index contributed by atoms with van der Waals surface area (Å²) in [7, 11) is -0.550. The molecule has 3 fully saturated rings. The molecule has 4 rings (SSSR count). The maximum Gasteiger partial charge on any atom is 0.256 e. The van der Waals surface area contributed by atoms with Crippen molar-refractivity contribution in [1.29, 1.82) is 0 Å². The lowest BCUT2D eigenvalue weighted by Gasteiger charge is -2.25. The summed E-state index contributed by atoms with van der Waals surface area (Å²) in [5, 5.41) is 3.39. The first kappa shape index (κ1) is 21.4. The first-order valence-corrected chi connectivity index (χ1v) is 11.1. The summed E-state index contributed by atoms with van der Waals surface area (Å²) < 4.78 is 26.4. The molecule has 0 aliphatic carbocycles. The van der Waals surface area contributed by atoms with E-state index in [1.807, 2.05) is 11.0 Å². The molecule has 0 aromatic heterocycles.